The number of unbranched alkanes of at least 4 members (excludes halogenated alkanes) is 1. The first-order valence-corrected chi connectivity index (χ1v) is 7.56. The van der Waals surface area contributed by atoms with Gasteiger partial charge in [-0.05, 0) is 6.42 Å². The number of alkyl halides is 1. The molecule has 2 aliphatic heterocycles. The molecule has 2 aliphatic rings. The van der Waals surface area contributed by atoms with E-state index in [1.807, 2.05) is 6.92 Å². The Kier molecular flexibility index (Phi) is 5.60. The lowest BCUT2D eigenvalue weighted by molar-refractivity contribution is -0.0667. The van der Waals surface area contributed by atoms with Crippen molar-refractivity contribution in [2.24, 2.45) is 0 Å². The van der Waals surface area contributed by atoms with E-state index in [4.69, 9.17) is 9.47 Å². The molecule has 0 radical (unpaired) electrons. The summed E-state index contributed by atoms with van der Waals surface area (Å²) in [5, 5.41) is 3.09. The SMILES string of the molecule is CCCCOC(=O)N1CCC(F)(COC2CNC2)CC1. The third-order valence-electron chi connectivity index (χ3n) is 3.96. The van der Waals surface area contributed by atoms with Crippen LogP contribution in [0.4, 0.5) is 9.18 Å². The van der Waals surface area contributed by atoms with Crippen LogP contribution in [0.1, 0.15) is 32.6 Å². The van der Waals surface area contributed by atoms with Crippen LogP contribution >= 0.6 is 0 Å². The molecule has 0 bridgehead atoms. The maximum absolute atomic E-state index is 14.5. The molecule has 6 heteroatoms. The summed E-state index contributed by atoms with van der Waals surface area (Å²) >= 11 is 0. The number of halogens is 1. The Morgan fingerprint density at radius 2 is 2.10 bits per heavy atom. The van der Waals surface area contributed by atoms with Crippen LogP contribution in [0.5, 0.6) is 0 Å². The van der Waals surface area contributed by atoms with Crippen molar-refractivity contribution in [3.05, 3.63) is 0 Å². The number of amides is 1. The van der Waals surface area contributed by atoms with E-state index in [2.05, 4.69) is 5.32 Å². The minimum atomic E-state index is -1.30. The fourth-order valence-electron chi connectivity index (χ4n) is 2.28. The molecule has 1 N–H and O–H groups in total. The van der Waals surface area contributed by atoms with E-state index in [0.29, 0.717) is 32.5 Å². The average molecular weight is 288 g/mol. The van der Waals surface area contributed by atoms with Gasteiger partial charge in [-0.15, -0.1) is 0 Å². The maximum Gasteiger partial charge on any atom is 0.409 e. The zero-order chi connectivity index (χ0) is 14.4. The van der Waals surface area contributed by atoms with Gasteiger partial charge < -0.3 is 19.7 Å². The van der Waals surface area contributed by atoms with Crippen molar-refractivity contribution >= 4 is 6.09 Å². The second kappa shape index (κ2) is 7.22. The molecule has 0 aromatic carbocycles. The van der Waals surface area contributed by atoms with Crippen molar-refractivity contribution in [2.75, 3.05) is 39.4 Å². The van der Waals surface area contributed by atoms with Crippen molar-refractivity contribution in [1.29, 1.82) is 0 Å². The predicted molar refractivity (Wildman–Crippen MR) is 73.5 cm³/mol. The van der Waals surface area contributed by atoms with Gasteiger partial charge in [-0.1, -0.05) is 13.3 Å². The highest BCUT2D eigenvalue weighted by molar-refractivity contribution is 5.67. The first kappa shape index (κ1) is 15.5. The van der Waals surface area contributed by atoms with E-state index in [0.717, 1.165) is 25.9 Å². The lowest BCUT2D eigenvalue weighted by Gasteiger charge is -2.37. The monoisotopic (exact) mass is 288 g/mol. The number of carbonyl (C=O) groups excluding carboxylic acids is 1. The predicted octanol–water partition coefficient (Wildman–Crippen LogP) is 1.72. The summed E-state index contributed by atoms with van der Waals surface area (Å²) in [5.41, 5.74) is -1.30. The van der Waals surface area contributed by atoms with Gasteiger partial charge in [0.1, 0.15) is 5.67 Å². The smallest absolute Gasteiger partial charge is 0.409 e. The van der Waals surface area contributed by atoms with Crippen LogP contribution in [0, 0.1) is 0 Å². The summed E-state index contributed by atoms with van der Waals surface area (Å²) in [4.78, 5) is 13.3. The summed E-state index contributed by atoms with van der Waals surface area (Å²) in [6, 6.07) is 0. The molecule has 5 nitrogen and oxygen atoms in total. The van der Waals surface area contributed by atoms with Crippen LogP contribution in [-0.2, 0) is 9.47 Å². The molecular formula is C14H25FN2O3. The normalized spacial score (nSPS) is 22.4. The van der Waals surface area contributed by atoms with E-state index in [-0.39, 0.29) is 18.8 Å². The topological polar surface area (TPSA) is 50.8 Å². The summed E-state index contributed by atoms with van der Waals surface area (Å²) < 4.78 is 25.2. The number of ether oxygens (including phenoxy) is 2. The first-order chi connectivity index (χ1) is 9.63. The minimum Gasteiger partial charge on any atom is -0.449 e. The number of nitrogens with zero attached hydrogens (tertiary/aromatic N) is 1. The third-order valence-corrected chi connectivity index (χ3v) is 3.96. The summed E-state index contributed by atoms with van der Waals surface area (Å²) in [7, 11) is 0. The van der Waals surface area contributed by atoms with Gasteiger partial charge in [0.2, 0.25) is 0 Å². The van der Waals surface area contributed by atoms with Crippen molar-refractivity contribution in [3.63, 3.8) is 0 Å². The van der Waals surface area contributed by atoms with Gasteiger partial charge in [0.05, 0.1) is 19.3 Å². The van der Waals surface area contributed by atoms with Crippen LogP contribution in [0.15, 0.2) is 0 Å². The summed E-state index contributed by atoms with van der Waals surface area (Å²) in [6.45, 7) is 5.08. The standard InChI is InChI=1S/C14H25FN2O3/c1-2-3-8-19-13(18)17-6-4-14(15,5-7-17)11-20-12-9-16-10-12/h12,16H,2-11H2,1H3. The Labute approximate surface area is 119 Å². The van der Waals surface area contributed by atoms with Gasteiger partial charge in [0.25, 0.3) is 0 Å². The molecule has 0 spiro atoms. The van der Waals surface area contributed by atoms with Gasteiger partial charge in [-0.25, -0.2) is 9.18 Å². The van der Waals surface area contributed by atoms with Crippen molar-refractivity contribution < 1.29 is 18.7 Å². The number of carbonyl (C=O) groups is 1. The maximum atomic E-state index is 14.5. The molecule has 0 aromatic heterocycles. The number of rotatable bonds is 6. The molecule has 2 fully saturated rings. The van der Waals surface area contributed by atoms with E-state index >= 15 is 0 Å². The largest absolute Gasteiger partial charge is 0.449 e. The van der Waals surface area contributed by atoms with Gasteiger partial charge in [-0.3, -0.25) is 0 Å². The van der Waals surface area contributed by atoms with Crippen LogP contribution in [-0.4, -0.2) is 62.2 Å². The summed E-state index contributed by atoms with van der Waals surface area (Å²) in [6.07, 6.45) is 2.36. The molecule has 0 aliphatic carbocycles. The molecule has 0 aromatic rings. The molecule has 1 amide bonds. The Balaban J connectivity index is 1.66. The van der Waals surface area contributed by atoms with Crippen LogP contribution < -0.4 is 5.32 Å². The third kappa shape index (κ3) is 4.31. The number of nitrogens with one attached hydrogen (secondary N) is 1. The minimum absolute atomic E-state index is 0.137. The first-order valence-electron chi connectivity index (χ1n) is 7.56. The molecule has 0 unspecified atom stereocenters. The lowest BCUT2D eigenvalue weighted by Crippen LogP contribution is -2.52. The summed E-state index contributed by atoms with van der Waals surface area (Å²) in [5.74, 6) is 0. The van der Waals surface area contributed by atoms with E-state index in [9.17, 15) is 9.18 Å². The van der Waals surface area contributed by atoms with Crippen LogP contribution in [0.25, 0.3) is 0 Å². The molecule has 2 saturated heterocycles. The second-order valence-electron chi connectivity index (χ2n) is 5.70. The molecule has 20 heavy (non-hydrogen) atoms. The van der Waals surface area contributed by atoms with E-state index < -0.39 is 5.67 Å². The average Bonchev–Trinajstić information content (AvgIpc) is 2.38. The molecule has 2 heterocycles. The number of hydrogen-bond acceptors (Lipinski definition) is 4. The number of hydrogen-bond donors (Lipinski definition) is 1. The Bertz CT molecular complexity index is 316. The van der Waals surface area contributed by atoms with Crippen LogP contribution in [0.3, 0.4) is 0 Å². The highest BCUT2D eigenvalue weighted by Gasteiger charge is 2.37. The van der Waals surface area contributed by atoms with Gasteiger partial charge in [-0.2, -0.15) is 0 Å². The Hall–Kier alpha value is -0.880. The van der Waals surface area contributed by atoms with Crippen molar-refractivity contribution in [1.82, 2.24) is 10.2 Å². The number of piperidine rings is 1. The number of likely N-dealkylation sites (tertiary alicyclic amines) is 1. The quantitative estimate of drug-likeness (QED) is 0.756. The van der Waals surface area contributed by atoms with Gasteiger partial charge >= 0.3 is 6.09 Å². The van der Waals surface area contributed by atoms with Gasteiger partial charge in [0.15, 0.2) is 0 Å². The van der Waals surface area contributed by atoms with E-state index in [1.54, 1.807) is 4.90 Å². The fraction of sp³-hybridized carbons (Fsp3) is 0.929. The zero-order valence-corrected chi connectivity index (χ0v) is 12.2. The molecular weight excluding hydrogens is 263 g/mol. The molecule has 116 valence electrons. The highest BCUT2D eigenvalue weighted by atomic mass is 19.1. The second-order valence-corrected chi connectivity index (χ2v) is 5.70. The Morgan fingerprint density at radius 3 is 2.65 bits per heavy atom. The molecule has 2 rings (SSSR count). The van der Waals surface area contributed by atoms with Crippen molar-refractivity contribution in [3.8, 4) is 0 Å². The van der Waals surface area contributed by atoms with Gasteiger partial charge in [0, 0.05) is 39.0 Å². The molecule has 0 saturated carbocycles. The Morgan fingerprint density at radius 1 is 1.40 bits per heavy atom. The molecule has 0 atom stereocenters. The van der Waals surface area contributed by atoms with E-state index in [1.165, 1.54) is 0 Å². The lowest BCUT2D eigenvalue weighted by atomic mass is 9.94. The van der Waals surface area contributed by atoms with Crippen LogP contribution in [0.2, 0.25) is 0 Å². The fourth-order valence-corrected chi connectivity index (χ4v) is 2.28. The zero-order valence-electron chi connectivity index (χ0n) is 12.2. The van der Waals surface area contributed by atoms with Crippen molar-refractivity contribution in [2.45, 2.75) is 44.4 Å². The highest BCUT2D eigenvalue weighted by Crippen LogP contribution is 2.28.